The number of nitrogens with one attached hydrogen (secondary N) is 1. The van der Waals surface area contributed by atoms with E-state index in [1.54, 1.807) is 7.11 Å². The summed E-state index contributed by atoms with van der Waals surface area (Å²) in [7, 11) is 1.54. The molecular weight excluding hydrogens is 308 g/mol. The van der Waals surface area contributed by atoms with E-state index in [2.05, 4.69) is 43.1 Å². The standard InChI is InChI=1S/C13H15BrN4O/c1-3-8-15-12-16-11(17-13(18-12)19-2)9-6-4-5-7-10(9)14/h4-7H,3,8H2,1-2H3,(H,15,16,17,18). The molecule has 19 heavy (non-hydrogen) atoms. The first-order chi connectivity index (χ1) is 9.24. The quantitative estimate of drug-likeness (QED) is 0.916. The molecule has 0 fully saturated rings. The molecule has 0 bridgehead atoms. The van der Waals surface area contributed by atoms with Crippen LogP contribution in [0.3, 0.4) is 0 Å². The van der Waals surface area contributed by atoms with Gasteiger partial charge in [-0.25, -0.2) is 0 Å². The van der Waals surface area contributed by atoms with E-state index in [9.17, 15) is 0 Å². The predicted molar refractivity (Wildman–Crippen MR) is 78.3 cm³/mol. The van der Waals surface area contributed by atoms with Gasteiger partial charge in [-0.1, -0.05) is 41.1 Å². The second kappa shape index (κ2) is 6.47. The van der Waals surface area contributed by atoms with Crippen LogP contribution >= 0.6 is 15.9 Å². The molecule has 0 radical (unpaired) electrons. The molecule has 2 rings (SSSR count). The molecule has 1 aromatic heterocycles. The van der Waals surface area contributed by atoms with Gasteiger partial charge in [-0.05, 0) is 12.5 Å². The molecule has 0 aliphatic heterocycles. The highest BCUT2D eigenvalue weighted by Crippen LogP contribution is 2.26. The van der Waals surface area contributed by atoms with Crippen molar-refractivity contribution in [2.45, 2.75) is 13.3 Å². The molecule has 0 unspecified atom stereocenters. The van der Waals surface area contributed by atoms with Crippen molar-refractivity contribution in [3.63, 3.8) is 0 Å². The van der Waals surface area contributed by atoms with E-state index in [0.717, 1.165) is 23.0 Å². The normalized spacial score (nSPS) is 10.3. The Labute approximate surface area is 120 Å². The third kappa shape index (κ3) is 3.41. The Balaban J connectivity index is 2.42. The van der Waals surface area contributed by atoms with Crippen LogP contribution in [0.25, 0.3) is 11.4 Å². The molecule has 100 valence electrons. The summed E-state index contributed by atoms with van der Waals surface area (Å²) in [5, 5.41) is 3.14. The lowest BCUT2D eigenvalue weighted by molar-refractivity contribution is 0.379. The van der Waals surface area contributed by atoms with Gasteiger partial charge in [-0.3, -0.25) is 0 Å². The Morgan fingerprint density at radius 1 is 1.21 bits per heavy atom. The summed E-state index contributed by atoms with van der Waals surface area (Å²) in [5.74, 6) is 1.11. The van der Waals surface area contributed by atoms with Crippen LogP contribution in [-0.4, -0.2) is 28.6 Å². The molecule has 1 aromatic carbocycles. The summed E-state index contributed by atoms with van der Waals surface area (Å²) in [6.07, 6.45) is 0.998. The lowest BCUT2D eigenvalue weighted by Gasteiger charge is -2.08. The minimum atomic E-state index is 0.305. The Morgan fingerprint density at radius 2 is 2.00 bits per heavy atom. The minimum absolute atomic E-state index is 0.305. The van der Waals surface area contributed by atoms with Gasteiger partial charge >= 0.3 is 6.01 Å². The third-order valence-corrected chi connectivity index (χ3v) is 3.14. The number of methoxy groups -OCH3 is 1. The molecule has 0 spiro atoms. The molecule has 0 amide bonds. The summed E-state index contributed by atoms with van der Waals surface area (Å²) >= 11 is 3.50. The number of hydrogen-bond acceptors (Lipinski definition) is 5. The largest absolute Gasteiger partial charge is 0.467 e. The molecule has 0 saturated carbocycles. The molecule has 0 atom stereocenters. The van der Waals surface area contributed by atoms with Crippen molar-refractivity contribution in [1.29, 1.82) is 0 Å². The van der Waals surface area contributed by atoms with Gasteiger partial charge < -0.3 is 10.1 Å². The Bertz CT molecular complexity index is 562. The predicted octanol–water partition coefficient (Wildman–Crippen LogP) is 3.13. The van der Waals surface area contributed by atoms with Crippen LogP contribution in [0.2, 0.25) is 0 Å². The minimum Gasteiger partial charge on any atom is -0.467 e. The van der Waals surface area contributed by atoms with Gasteiger partial charge in [0.1, 0.15) is 0 Å². The van der Waals surface area contributed by atoms with Crippen LogP contribution in [-0.2, 0) is 0 Å². The molecule has 2 aromatic rings. The zero-order valence-corrected chi connectivity index (χ0v) is 12.4. The molecular formula is C13H15BrN4O. The molecule has 0 saturated heterocycles. The van der Waals surface area contributed by atoms with Crippen molar-refractivity contribution in [2.75, 3.05) is 19.0 Å². The summed E-state index contributed by atoms with van der Waals surface area (Å²) in [6.45, 7) is 2.89. The van der Waals surface area contributed by atoms with Crippen molar-refractivity contribution < 1.29 is 4.74 Å². The highest BCUT2D eigenvalue weighted by molar-refractivity contribution is 9.10. The second-order valence-electron chi connectivity index (χ2n) is 3.88. The second-order valence-corrected chi connectivity index (χ2v) is 4.73. The van der Waals surface area contributed by atoms with Gasteiger partial charge in [0.05, 0.1) is 7.11 Å². The topological polar surface area (TPSA) is 59.9 Å². The molecule has 1 heterocycles. The highest BCUT2D eigenvalue weighted by atomic mass is 79.9. The van der Waals surface area contributed by atoms with E-state index in [-0.39, 0.29) is 0 Å². The maximum atomic E-state index is 5.12. The molecule has 1 N–H and O–H groups in total. The first kappa shape index (κ1) is 13.7. The van der Waals surface area contributed by atoms with Crippen LogP contribution in [0, 0.1) is 0 Å². The average molecular weight is 323 g/mol. The summed E-state index contributed by atoms with van der Waals surface area (Å²) in [4.78, 5) is 12.9. The molecule has 6 heteroatoms. The highest BCUT2D eigenvalue weighted by Gasteiger charge is 2.10. The SMILES string of the molecule is CCCNc1nc(OC)nc(-c2ccccc2Br)n1. The summed E-state index contributed by atoms with van der Waals surface area (Å²) in [5.41, 5.74) is 0.905. The molecule has 0 aliphatic carbocycles. The lowest BCUT2D eigenvalue weighted by atomic mass is 10.2. The maximum Gasteiger partial charge on any atom is 0.321 e. The Hall–Kier alpha value is -1.69. The van der Waals surface area contributed by atoms with E-state index >= 15 is 0 Å². The van der Waals surface area contributed by atoms with Crippen molar-refractivity contribution in [3.05, 3.63) is 28.7 Å². The molecule has 5 nitrogen and oxygen atoms in total. The van der Waals surface area contributed by atoms with E-state index in [0.29, 0.717) is 17.8 Å². The Morgan fingerprint density at radius 3 is 2.68 bits per heavy atom. The first-order valence-electron chi connectivity index (χ1n) is 6.03. The molecule has 0 aliphatic rings. The fourth-order valence-corrected chi connectivity index (χ4v) is 1.99. The number of nitrogens with zero attached hydrogens (tertiary/aromatic N) is 3. The number of hydrogen-bond donors (Lipinski definition) is 1. The number of rotatable bonds is 5. The van der Waals surface area contributed by atoms with Gasteiger partial charge in [-0.15, -0.1) is 0 Å². The van der Waals surface area contributed by atoms with Crippen LogP contribution in [0.5, 0.6) is 6.01 Å². The smallest absolute Gasteiger partial charge is 0.321 e. The van der Waals surface area contributed by atoms with Crippen LogP contribution < -0.4 is 10.1 Å². The van der Waals surface area contributed by atoms with Crippen LogP contribution in [0.15, 0.2) is 28.7 Å². The van der Waals surface area contributed by atoms with Crippen molar-refractivity contribution in [2.24, 2.45) is 0 Å². The first-order valence-corrected chi connectivity index (χ1v) is 6.82. The van der Waals surface area contributed by atoms with Gasteiger partial charge in [-0.2, -0.15) is 15.0 Å². The zero-order valence-electron chi connectivity index (χ0n) is 10.9. The number of aromatic nitrogens is 3. The summed E-state index contributed by atoms with van der Waals surface area (Å²) in [6, 6.07) is 8.09. The van der Waals surface area contributed by atoms with Crippen molar-refractivity contribution in [1.82, 2.24) is 15.0 Å². The lowest BCUT2D eigenvalue weighted by Crippen LogP contribution is -2.07. The number of benzene rings is 1. The number of halogens is 1. The van der Waals surface area contributed by atoms with Gasteiger partial charge in [0.25, 0.3) is 0 Å². The number of ether oxygens (including phenoxy) is 1. The van der Waals surface area contributed by atoms with Crippen LogP contribution in [0.4, 0.5) is 5.95 Å². The van der Waals surface area contributed by atoms with Gasteiger partial charge in [0.2, 0.25) is 5.95 Å². The monoisotopic (exact) mass is 322 g/mol. The van der Waals surface area contributed by atoms with E-state index in [1.165, 1.54) is 0 Å². The van der Waals surface area contributed by atoms with Gasteiger partial charge in [0.15, 0.2) is 5.82 Å². The van der Waals surface area contributed by atoms with E-state index < -0.39 is 0 Å². The maximum absolute atomic E-state index is 5.12. The van der Waals surface area contributed by atoms with Crippen LogP contribution in [0.1, 0.15) is 13.3 Å². The van der Waals surface area contributed by atoms with Gasteiger partial charge in [0, 0.05) is 16.6 Å². The average Bonchev–Trinajstić information content (AvgIpc) is 2.45. The number of anilines is 1. The van der Waals surface area contributed by atoms with Crippen molar-refractivity contribution in [3.8, 4) is 17.4 Å². The summed E-state index contributed by atoms with van der Waals surface area (Å²) < 4.78 is 6.05. The van der Waals surface area contributed by atoms with Crippen molar-refractivity contribution >= 4 is 21.9 Å². The third-order valence-electron chi connectivity index (χ3n) is 2.45. The van der Waals surface area contributed by atoms with E-state index in [1.807, 2.05) is 24.3 Å². The van der Waals surface area contributed by atoms with E-state index in [4.69, 9.17) is 4.74 Å². The zero-order chi connectivity index (χ0) is 13.7. The fourth-order valence-electron chi connectivity index (χ4n) is 1.53. The Kier molecular flexibility index (Phi) is 4.68. The fraction of sp³-hybridized carbons (Fsp3) is 0.308.